The van der Waals surface area contributed by atoms with Crippen molar-refractivity contribution in [3.63, 3.8) is 0 Å². The van der Waals surface area contributed by atoms with Crippen LogP contribution in [-0.2, 0) is 14.6 Å². The number of benzene rings is 2. The molecule has 1 atom stereocenters. The molecule has 0 spiro atoms. The van der Waals surface area contributed by atoms with E-state index in [-0.39, 0.29) is 17.4 Å². The van der Waals surface area contributed by atoms with E-state index in [0.717, 1.165) is 16.8 Å². The van der Waals surface area contributed by atoms with E-state index >= 15 is 0 Å². The first kappa shape index (κ1) is 21.9. The van der Waals surface area contributed by atoms with Crippen LogP contribution in [0.15, 0.2) is 53.9 Å². The van der Waals surface area contributed by atoms with Gasteiger partial charge in [0, 0.05) is 24.0 Å². The Morgan fingerprint density at radius 2 is 1.76 bits per heavy atom. The lowest BCUT2D eigenvalue weighted by Crippen LogP contribution is -2.46. The van der Waals surface area contributed by atoms with Gasteiger partial charge in [0.1, 0.15) is 19.3 Å². The van der Waals surface area contributed by atoms with Crippen LogP contribution in [0.3, 0.4) is 0 Å². The summed E-state index contributed by atoms with van der Waals surface area (Å²) in [6, 6.07) is 14.5. The molecule has 5 rings (SSSR count). The van der Waals surface area contributed by atoms with E-state index in [9.17, 15) is 13.2 Å². The molecule has 1 unspecified atom stereocenters. The summed E-state index contributed by atoms with van der Waals surface area (Å²) >= 11 is 1.34. The number of hydrogen-bond donors (Lipinski definition) is 1. The van der Waals surface area contributed by atoms with Crippen molar-refractivity contribution in [1.29, 1.82) is 0 Å². The highest BCUT2D eigenvalue weighted by atomic mass is 32.2. The third-order valence-electron chi connectivity index (χ3n) is 5.68. The van der Waals surface area contributed by atoms with Crippen molar-refractivity contribution >= 4 is 32.2 Å². The van der Waals surface area contributed by atoms with Crippen molar-refractivity contribution in [3.8, 4) is 22.8 Å². The number of aromatic nitrogens is 1. The number of anilines is 1. The predicted molar refractivity (Wildman–Crippen MR) is 127 cm³/mol. The molecule has 2 aliphatic rings. The van der Waals surface area contributed by atoms with Gasteiger partial charge in [0.05, 0.1) is 17.2 Å². The molecule has 0 radical (unpaired) electrons. The van der Waals surface area contributed by atoms with Crippen molar-refractivity contribution < 1.29 is 22.7 Å². The van der Waals surface area contributed by atoms with Gasteiger partial charge in [-0.05, 0) is 23.8 Å². The molecule has 1 saturated heterocycles. The Kier molecular flexibility index (Phi) is 6.05. The van der Waals surface area contributed by atoms with E-state index in [2.05, 4.69) is 10.3 Å². The third kappa shape index (κ3) is 4.87. The number of ether oxygens (including phenoxy) is 2. The Morgan fingerprint density at radius 3 is 2.52 bits per heavy atom. The van der Waals surface area contributed by atoms with Crippen LogP contribution in [-0.4, -0.2) is 62.0 Å². The fourth-order valence-electron chi connectivity index (χ4n) is 3.99. The second kappa shape index (κ2) is 9.12. The average molecular weight is 486 g/mol. The minimum Gasteiger partial charge on any atom is -0.486 e. The van der Waals surface area contributed by atoms with Crippen molar-refractivity contribution in [3.05, 3.63) is 59.5 Å². The van der Waals surface area contributed by atoms with E-state index in [1.807, 2.05) is 58.8 Å². The molecule has 2 aromatic carbocycles. The molecule has 3 heterocycles. The summed E-state index contributed by atoms with van der Waals surface area (Å²) in [4.78, 5) is 19.8. The first-order chi connectivity index (χ1) is 16.0. The van der Waals surface area contributed by atoms with Gasteiger partial charge in [0.2, 0.25) is 5.91 Å². The standard InChI is InChI=1S/C23H23N3O5S2/c27-22(21(16-4-2-1-3-5-16)26-8-12-33(28,29)13-9-26)25-23-24-18(15-32-23)17-6-7-19-20(14-17)31-11-10-30-19/h1-7,14-15,21H,8-13H2,(H,24,25,27). The zero-order chi connectivity index (χ0) is 22.8. The molecule has 172 valence electrons. The molecule has 1 N–H and O–H groups in total. The quantitative estimate of drug-likeness (QED) is 0.593. The molecule has 10 heteroatoms. The number of hydrogen-bond acceptors (Lipinski definition) is 8. The van der Waals surface area contributed by atoms with Crippen LogP contribution in [0.1, 0.15) is 11.6 Å². The number of nitrogens with zero attached hydrogens (tertiary/aromatic N) is 2. The van der Waals surface area contributed by atoms with Crippen molar-refractivity contribution in [2.45, 2.75) is 6.04 Å². The second-order valence-corrected chi connectivity index (χ2v) is 11.0. The normalized spacial score (nSPS) is 18.4. The molecule has 8 nitrogen and oxygen atoms in total. The smallest absolute Gasteiger partial charge is 0.248 e. The van der Waals surface area contributed by atoms with Crippen molar-refractivity contribution in [2.75, 3.05) is 43.1 Å². The van der Waals surface area contributed by atoms with Gasteiger partial charge in [-0.2, -0.15) is 0 Å². The molecule has 3 aromatic rings. The van der Waals surface area contributed by atoms with Crippen LogP contribution in [0.5, 0.6) is 11.5 Å². The Labute approximate surface area is 196 Å². The fourth-order valence-corrected chi connectivity index (χ4v) is 5.94. The maximum Gasteiger partial charge on any atom is 0.248 e. The maximum absolute atomic E-state index is 13.3. The van der Waals surface area contributed by atoms with Crippen LogP contribution in [0.4, 0.5) is 5.13 Å². The molecule has 1 aromatic heterocycles. The molecule has 2 aliphatic heterocycles. The number of amides is 1. The minimum absolute atomic E-state index is 0.0507. The summed E-state index contributed by atoms with van der Waals surface area (Å²) in [5, 5.41) is 5.30. The second-order valence-electron chi connectivity index (χ2n) is 7.89. The number of carbonyl (C=O) groups excluding carboxylic acids is 1. The highest BCUT2D eigenvalue weighted by Gasteiger charge is 2.33. The molecule has 0 aliphatic carbocycles. The molecule has 0 bridgehead atoms. The summed E-state index contributed by atoms with van der Waals surface area (Å²) in [6.45, 7) is 1.67. The summed E-state index contributed by atoms with van der Waals surface area (Å²) in [5.41, 5.74) is 2.42. The molecule has 33 heavy (non-hydrogen) atoms. The Bertz CT molecular complexity index is 1250. The Balaban J connectivity index is 1.35. The van der Waals surface area contributed by atoms with E-state index in [1.165, 1.54) is 11.3 Å². The van der Waals surface area contributed by atoms with Crippen molar-refractivity contribution in [2.24, 2.45) is 0 Å². The zero-order valence-corrected chi connectivity index (χ0v) is 19.4. The van der Waals surface area contributed by atoms with Gasteiger partial charge in [-0.25, -0.2) is 13.4 Å². The number of sulfone groups is 1. The lowest BCUT2D eigenvalue weighted by Gasteiger charge is -2.33. The van der Waals surface area contributed by atoms with Crippen LogP contribution in [0.2, 0.25) is 0 Å². The van der Waals surface area contributed by atoms with Crippen molar-refractivity contribution in [1.82, 2.24) is 9.88 Å². The highest BCUT2D eigenvalue weighted by Crippen LogP contribution is 2.35. The summed E-state index contributed by atoms with van der Waals surface area (Å²) < 4.78 is 35.0. The van der Waals surface area contributed by atoms with Gasteiger partial charge in [0.15, 0.2) is 26.5 Å². The molecular formula is C23H23N3O5S2. The van der Waals surface area contributed by atoms with Gasteiger partial charge in [-0.1, -0.05) is 30.3 Å². The van der Waals surface area contributed by atoms with E-state index in [1.54, 1.807) is 0 Å². The van der Waals surface area contributed by atoms with Gasteiger partial charge < -0.3 is 14.8 Å². The lowest BCUT2D eigenvalue weighted by atomic mass is 10.0. The summed E-state index contributed by atoms with van der Waals surface area (Å²) in [6.07, 6.45) is 0. The maximum atomic E-state index is 13.3. The zero-order valence-electron chi connectivity index (χ0n) is 17.8. The van der Waals surface area contributed by atoms with E-state index < -0.39 is 15.9 Å². The van der Waals surface area contributed by atoms with E-state index in [0.29, 0.717) is 42.9 Å². The highest BCUT2D eigenvalue weighted by molar-refractivity contribution is 7.91. The minimum atomic E-state index is -3.05. The number of rotatable bonds is 5. The monoisotopic (exact) mass is 485 g/mol. The van der Waals surface area contributed by atoms with Gasteiger partial charge in [-0.3, -0.25) is 9.69 Å². The number of carbonyl (C=O) groups is 1. The fraction of sp³-hybridized carbons (Fsp3) is 0.304. The molecule has 1 fully saturated rings. The summed E-state index contributed by atoms with van der Waals surface area (Å²) in [7, 11) is -3.05. The Hall–Kier alpha value is -2.95. The molecule has 0 saturated carbocycles. The number of nitrogens with one attached hydrogen (secondary N) is 1. The molecule has 1 amide bonds. The first-order valence-electron chi connectivity index (χ1n) is 10.6. The molecular weight excluding hydrogens is 462 g/mol. The average Bonchev–Trinajstić information content (AvgIpc) is 3.29. The van der Waals surface area contributed by atoms with Gasteiger partial charge in [-0.15, -0.1) is 11.3 Å². The number of fused-ring (bicyclic) bond motifs is 1. The van der Waals surface area contributed by atoms with Gasteiger partial charge in [0.25, 0.3) is 0 Å². The van der Waals surface area contributed by atoms with Crippen LogP contribution >= 0.6 is 11.3 Å². The van der Waals surface area contributed by atoms with Crippen LogP contribution in [0.25, 0.3) is 11.3 Å². The van der Waals surface area contributed by atoms with E-state index in [4.69, 9.17) is 9.47 Å². The SMILES string of the molecule is O=C(Nc1nc(-c2ccc3c(c2)OCCO3)cs1)C(c1ccccc1)N1CCS(=O)(=O)CC1. The topological polar surface area (TPSA) is 97.8 Å². The lowest BCUT2D eigenvalue weighted by molar-refractivity contribution is -0.121. The number of thiazole rings is 1. The first-order valence-corrected chi connectivity index (χ1v) is 13.3. The Morgan fingerprint density at radius 1 is 1.03 bits per heavy atom. The van der Waals surface area contributed by atoms with Crippen LogP contribution in [0, 0.1) is 0 Å². The van der Waals surface area contributed by atoms with Crippen LogP contribution < -0.4 is 14.8 Å². The summed E-state index contributed by atoms with van der Waals surface area (Å²) in [5.74, 6) is 1.26. The largest absolute Gasteiger partial charge is 0.486 e. The third-order valence-corrected chi connectivity index (χ3v) is 8.05. The van der Waals surface area contributed by atoms with Gasteiger partial charge >= 0.3 is 0 Å². The predicted octanol–water partition coefficient (Wildman–Crippen LogP) is 2.99.